The molecule has 0 bridgehead atoms. The molecule has 3 radical (unpaired) electrons. The van der Waals surface area contributed by atoms with Crippen LogP contribution in [-0.4, -0.2) is 28.4 Å². The van der Waals surface area contributed by atoms with E-state index in [1.807, 2.05) is 18.2 Å². The van der Waals surface area contributed by atoms with E-state index in [1.54, 1.807) is 11.8 Å². The first-order chi connectivity index (χ1) is 7.89. The van der Waals surface area contributed by atoms with E-state index >= 15 is 0 Å². The van der Waals surface area contributed by atoms with Crippen molar-refractivity contribution in [1.29, 1.82) is 0 Å². The van der Waals surface area contributed by atoms with Gasteiger partial charge in [-0.25, -0.2) is 4.98 Å². The molecule has 0 atom stereocenters. The second-order valence-corrected chi connectivity index (χ2v) is 5.04. The summed E-state index contributed by atoms with van der Waals surface area (Å²) in [6.45, 7) is 1.41. The van der Waals surface area contributed by atoms with Crippen LogP contribution in [0, 0.1) is 51.1 Å². The third kappa shape index (κ3) is 3.66. The predicted octanol–water partition coefficient (Wildman–Crippen LogP) is 1.62. The smallest absolute Gasteiger partial charge is 0.183 e. The average Bonchev–Trinajstić information content (AvgIpc) is 2.77. The standard InChI is InChI=1S/C11H10N3OS.Ra.Y/c1-2-4-9(5-3-1)11(6-15-7-11)16-10-12-8-13-14-10;;/h1-2,4-5,8H,6-7H2,(H,12,13,14);;/q-1;;. The van der Waals surface area contributed by atoms with Gasteiger partial charge in [0.25, 0.3) is 0 Å². The number of H-pyrrole nitrogens is 1. The van der Waals surface area contributed by atoms with Crippen LogP contribution in [0.25, 0.3) is 0 Å². The Bertz CT molecular complexity index is 464. The summed E-state index contributed by atoms with van der Waals surface area (Å²) in [7, 11) is 0. The molecule has 1 aliphatic rings. The third-order valence-corrected chi connectivity index (χ3v) is 3.84. The minimum absolute atomic E-state index is 0. The van der Waals surface area contributed by atoms with Crippen molar-refractivity contribution in [2.75, 3.05) is 13.2 Å². The minimum atomic E-state index is -0.0305. The van der Waals surface area contributed by atoms with Crippen LogP contribution in [-0.2, 0) is 42.2 Å². The Balaban J connectivity index is 0.000000810. The molecular formula is C11H10N3ORaSY-. The van der Waals surface area contributed by atoms with Gasteiger partial charge in [-0.1, -0.05) is 11.8 Å². The van der Waals surface area contributed by atoms with Gasteiger partial charge in [-0.15, -0.1) is 5.56 Å². The number of aromatic nitrogens is 3. The second kappa shape index (κ2) is 7.87. The van der Waals surface area contributed by atoms with Crippen molar-refractivity contribution in [3.63, 3.8) is 0 Å². The predicted molar refractivity (Wildman–Crippen MR) is 60.0 cm³/mol. The maximum atomic E-state index is 5.34. The van der Waals surface area contributed by atoms with E-state index in [-0.39, 0.29) is 82.5 Å². The van der Waals surface area contributed by atoms with Gasteiger partial charge in [0.05, 0.1) is 18.0 Å². The number of hydrogen-bond acceptors (Lipinski definition) is 4. The molecular weight excluding hydrogens is 537 g/mol. The zero-order valence-electron chi connectivity index (χ0n) is 9.80. The molecule has 1 N–H and O–H groups in total. The first kappa shape index (κ1) is 17.3. The fourth-order valence-corrected chi connectivity index (χ4v) is 2.77. The summed E-state index contributed by atoms with van der Waals surface area (Å²) in [5.41, 5.74) is 1.22. The molecule has 0 saturated carbocycles. The number of hydrogen-bond donors (Lipinski definition) is 1. The average molecular weight is 547 g/mol. The number of aromatic amines is 1. The van der Waals surface area contributed by atoms with Gasteiger partial charge in [-0.3, -0.25) is 5.10 Å². The van der Waals surface area contributed by atoms with Crippen LogP contribution in [0.1, 0.15) is 5.56 Å². The summed E-state index contributed by atoms with van der Waals surface area (Å²) >= 11 is 1.66. The number of rotatable bonds is 3. The number of thioether (sulfide) groups is 1. The van der Waals surface area contributed by atoms with Crippen LogP contribution in [0.2, 0.25) is 0 Å². The van der Waals surface area contributed by atoms with E-state index in [1.165, 1.54) is 11.9 Å². The zero-order chi connectivity index (χ0) is 10.8. The zero-order valence-corrected chi connectivity index (χ0v) is 19.3. The van der Waals surface area contributed by atoms with Gasteiger partial charge >= 0.3 is 0 Å². The summed E-state index contributed by atoms with van der Waals surface area (Å²) in [5, 5.41) is 7.55. The van der Waals surface area contributed by atoms with E-state index in [0.717, 1.165) is 5.16 Å². The first-order valence-corrected chi connectivity index (χ1v) is 5.79. The monoisotopic (exact) mass is 547 g/mol. The molecule has 87 valence electrons. The van der Waals surface area contributed by atoms with Crippen LogP contribution < -0.4 is 0 Å². The largest absolute Gasteiger partial charge is 0.380 e. The van der Waals surface area contributed by atoms with Gasteiger partial charge in [0.15, 0.2) is 5.16 Å². The van der Waals surface area contributed by atoms with Crippen molar-refractivity contribution in [1.82, 2.24) is 15.2 Å². The Morgan fingerprint density at radius 3 is 2.78 bits per heavy atom. The molecule has 2 aromatic rings. The fraction of sp³-hybridized carbons (Fsp3) is 0.273. The van der Waals surface area contributed by atoms with Crippen LogP contribution in [0.3, 0.4) is 0 Å². The first-order valence-electron chi connectivity index (χ1n) is 4.98. The molecule has 0 unspecified atom stereocenters. The van der Waals surface area contributed by atoms with Gasteiger partial charge in [-0.05, 0) is 0 Å². The van der Waals surface area contributed by atoms with E-state index in [9.17, 15) is 0 Å². The summed E-state index contributed by atoms with van der Waals surface area (Å²) in [6.07, 6.45) is 1.52. The molecule has 7 heteroatoms. The maximum absolute atomic E-state index is 5.34. The molecule has 3 rings (SSSR count). The van der Waals surface area contributed by atoms with Crippen molar-refractivity contribution < 1.29 is 82.5 Å². The van der Waals surface area contributed by atoms with Crippen molar-refractivity contribution in [3.8, 4) is 0 Å². The molecule has 1 aromatic carbocycles. The Morgan fingerprint density at radius 1 is 1.44 bits per heavy atom. The molecule has 2 heterocycles. The Hall–Kier alpha value is 1.24. The SMILES string of the molecule is [Ra].[Y].[c-]1cccc(C2(Sc3ncn[nH]3)COC2)c1. The van der Waals surface area contributed by atoms with Crippen LogP contribution >= 0.6 is 11.8 Å². The summed E-state index contributed by atoms with van der Waals surface area (Å²) in [5.74, 6) is 0. The third-order valence-electron chi connectivity index (χ3n) is 2.59. The van der Waals surface area contributed by atoms with Crippen LogP contribution in [0.5, 0.6) is 0 Å². The van der Waals surface area contributed by atoms with Gasteiger partial charge < -0.3 is 4.74 Å². The second-order valence-electron chi connectivity index (χ2n) is 3.67. The van der Waals surface area contributed by atoms with Crippen LogP contribution in [0.4, 0.5) is 0 Å². The molecule has 1 saturated heterocycles. The van der Waals surface area contributed by atoms with Crippen molar-refractivity contribution in [2.24, 2.45) is 0 Å². The fourth-order valence-electron chi connectivity index (χ4n) is 1.68. The van der Waals surface area contributed by atoms with Crippen molar-refractivity contribution in [3.05, 3.63) is 42.2 Å². The quantitative estimate of drug-likeness (QED) is 0.595. The van der Waals surface area contributed by atoms with Crippen molar-refractivity contribution in [2.45, 2.75) is 9.90 Å². The Labute approximate surface area is 172 Å². The van der Waals surface area contributed by atoms with Gasteiger partial charge in [-0.2, -0.15) is 35.4 Å². The number of ether oxygens (including phenoxy) is 1. The number of nitrogens with zero attached hydrogens (tertiary/aromatic N) is 2. The maximum Gasteiger partial charge on any atom is 0.183 e. The van der Waals surface area contributed by atoms with Crippen LogP contribution in [0.15, 0.2) is 35.7 Å². The molecule has 0 spiro atoms. The van der Waals surface area contributed by atoms with E-state index < -0.39 is 0 Å². The number of benzene rings is 1. The summed E-state index contributed by atoms with van der Waals surface area (Å²) < 4.78 is 5.31. The van der Waals surface area contributed by atoms with Gasteiger partial charge in [0.2, 0.25) is 0 Å². The molecule has 0 aliphatic carbocycles. The number of nitrogens with one attached hydrogen (secondary N) is 1. The summed E-state index contributed by atoms with van der Waals surface area (Å²) in [4.78, 5) is 4.14. The van der Waals surface area contributed by atoms with Crippen molar-refractivity contribution >= 4 is 11.8 Å². The normalized spacial score (nSPS) is 16.0. The van der Waals surface area contributed by atoms with E-state index in [2.05, 4.69) is 27.3 Å². The summed E-state index contributed by atoms with van der Waals surface area (Å²) in [6, 6.07) is 11.1. The molecule has 4 nitrogen and oxygen atoms in total. The molecule has 1 fully saturated rings. The minimum Gasteiger partial charge on any atom is -0.380 e. The molecule has 0 amide bonds. The van der Waals surface area contributed by atoms with E-state index in [0.29, 0.717) is 13.2 Å². The Kier molecular flexibility index (Phi) is 7.57. The molecule has 18 heavy (non-hydrogen) atoms. The van der Waals surface area contributed by atoms with E-state index in [4.69, 9.17) is 4.74 Å². The molecule has 1 aliphatic heterocycles. The Morgan fingerprint density at radius 2 is 2.28 bits per heavy atom. The van der Waals surface area contributed by atoms with Gasteiger partial charge in [0.1, 0.15) is 6.33 Å². The van der Waals surface area contributed by atoms with Gasteiger partial charge in [0, 0.05) is 77.7 Å². The molecule has 1 aromatic heterocycles. The topological polar surface area (TPSA) is 50.8 Å².